The molecule has 94 valence electrons. The number of hydrogen-bond donors (Lipinski definition) is 1. The number of hydrogen-bond acceptors (Lipinski definition) is 4. The highest BCUT2D eigenvalue weighted by molar-refractivity contribution is 6.03. The predicted octanol–water partition coefficient (Wildman–Crippen LogP) is 2.75. The van der Waals surface area contributed by atoms with E-state index in [1.54, 1.807) is 6.92 Å². The first-order valence-corrected chi connectivity index (χ1v) is 5.78. The van der Waals surface area contributed by atoms with E-state index in [9.17, 15) is 4.79 Å². The fraction of sp³-hybridized carbons (Fsp3) is 0.308. The van der Waals surface area contributed by atoms with Crippen LogP contribution in [0.15, 0.2) is 28.9 Å². The van der Waals surface area contributed by atoms with Crippen LogP contribution in [0.25, 0.3) is 0 Å². The fourth-order valence-corrected chi connectivity index (χ4v) is 1.58. The van der Waals surface area contributed by atoms with Crippen molar-refractivity contribution in [2.45, 2.75) is 26.7 Å². The fourth-order valence-electron chi connectivity index (χ4n) is 1.58. The normalized spacial score (nSPS) is 10.7. The van der Waals surface area contributed by atoms with Crippen LogP contribution in [0.1, 0.15) is 41.5 Å². The van der Waals surface area contributed by atoms with Crippen LogP contribution >= 0.6 is 0 Å². The molecule has 1 aromatic heterocycles. The molecular formula is C13H15N3O2. The van der Waals surface area contributed by atoms with Crippen LogP contribution < -0.4 is 5.32 Å². The summed E-state index contributed by atoms with van der Waals surface area (Å²) in [7, 11) is 0. The van der Waals surface area contributed by atoms with Gasteiger partial charge in [0.25, 0.3) is 5.91 Å². The second-order valence-corrected chi connectivity index (χ2v) is 4.43. The molecule has 5 nitrogen and oxygen atoms in total. The first-order valence-electron chi connectivity index (χ1n) is 5.78. The molecule has 5 heteroatoms. The summed E-state index contributed by atoms with van der Waals surface area (Å²) in [6, 6.07) is 7.73. The molecule has 0 aliphatic carbocycles. The van der Waals surface area contributed by atoms with Crippen LogP contribution in [0, 0.1) is 6.92 Å². The molecular weight excluding hydrogens is 230 g/mol. The SMILES string of the molecule is Cc1nonc1C(=O)Nc1ccc(C(C)C)cc1. The second-order valence-electron chi connectivity index (χ2n) is 4.43. The summed E-state index contributed by atoms with van der Waals surface area (Å²) in [6.07, 6.45) is 0. The van der Waals surface area contributed by atoms with E-state index in [1.807, 2.05) is 24.3 Å². The number of anilines is 1. The van der Waals surface area contributed by atoms with E-state index < -0.39 is 0 Å². The van der Waals surface area contributed by atoms with Crippen molar-refractivity contribution in [1.29, 1.82) is 0 Å². The van der Waals surface area contributed by atoms with E-state index in [4.69, 9.17) is 0 Å². The summed E-state index contributed by atoms with van der Waals surface area (Å²) in [5.74, 6) is 0.155. The smallest absolute Gasteiger partial charge is 0.279 e. The third-order valence-electron chi connectivity index (χ3n) is 2.70. The van der Waals surface area contributed by atoms with Gasteiger partial charge in [0.1, 0.15) is 5.69 Å². The maximum absolute atomic E-state index is 11.8. The van der Waals surface area contributed by atoms with E-state index in [0.29, 0.717) is 11.6 Å². The number of carbonyl (C=O) groups excluding carboxylic acids is 1. The molecule has 2 aromatic rings. The first-order chi connectivity index (χ1) is 8.58. The number of carbonyl (C=O) groups is 1. The van der Waals surface area contributed by atoms with Crippen molar-refractivity contribution in [2.75, 3.05) is 5.32 Å². The highest BCUT2D eigenvalue weighted by Crippen LogP contribution is 2.17. The number of aryl methyl sites for hydroxylation is 1. The van der Waals surface area contributed by atoms with E-state index in [2.05, 4.69) is 34.1 Å². The van der Waals surface area contributed by atoms with Gasteiger partial charge >= 0.3 is 0 Å². The van der Waals surface area contributed by atoms with Crippen molar-refractivity contribution in [3.8, 4) is 0 Å². The van der Waals surface area contributed by atoms with Crippen LogP contribution in [0.4, 0.5) is 5.69 Å². The van der Waals surface area contributed by atoms with Gasteiger partial charge in [0.2, 0.25) is 0 Å². The Bertz CT molecular complexity index is 544. The minimum absolute atomic E-state index is 0.211. The van der Waals surface area contributed by atoms with Crippen LogP contribution in [-0.4, -0.2) is 16.2 Å². The van der Waals surface area contributed by atoms with Gasteiger partial charge in [-0.25, -0.2) is 4.63 Å². The largest absolute Gasteiger partial charge is 0.320 e. The molecule has 0 radical (unpaired) electrons. The minimum Gasteiger partial charge on any atom is -0.320 e. The molecule has 0 bridgehead atoms. The zero-order valence-electron chi connectivity index (χ0n) is 10.6. The van der Waals surface area contributed by atoms with E-state index >= 15 is 0 Å². The third-order valence-corrected chi connectivity index (χ3v) is 2.70. The Labute approximate surface area is 105 Å². The first kappa shape index (κ1) is 12.3. The number of aromatic nitrogens is 2. The zero-order valence-corrected chi connectivity index (χ0v) is 10.6. The molecule has 0 atom stereocenters. The summed E-state index contributed by atoms with van der Waals surface area (Å²) >= 11 is 0. The monoisotopic (exact) mass is 245 g/mol. The highest BCUT2D eigenvalue weighted by Gasteiger charge is 2.14. The number of nitrogens with zero attached hydrogens (tertiary/aromatic N) is 2. The topological polar surface area (TPSA) is 68.0 Å². The Morgan fingerprint density at radius 1 is 1.22 bits per heavy atom. The Morgan fingerprint density at radius 2 is 1.89 bits per heavy atom. The average Bonchev–Trinajstić information content (AvgIpc) is 2.76. The Morgan fingerprint density at radius 3 is 2.39 bits per heavy atom. The highest BCUT2D eigenvalue weighted by atomic mass is 16.6. The van der Waals surface area contributed by atoms with Gasteiger partial charge in [0.05, 0.1) is 0 Å². The van der Waals surface area contributed by atoms with Gasteiger partial charge in [-0.05, 0) is 35.7 Å². The average molecular weight is 245 g/mol. The van der Waals surface area contributed by atoms with Crippen molar-refractivity contribution in [1.82, 2.24) is 10.3 Å². The molecule has 0 unspecified atom stereocenters. The summed E-state index contributed by atoms with van der Waals surface area (Å²) in [5.41, 5.74) is 2.65. The zero-order chi connectivity index (χ0) is 13.1. The van der Waals surface area contributed by atoms with E-state index in [0.717, 1.165) is 5.69 Å². The maximum Gasteiger partial charge on any atom is 0.279 e. The maximum atomic E-state index is 11.8. The molecule has 0 saturated carbocycles. The van der Waals surface area contributed by atoms with Crippen molar-refractivity contribution in [3.63, 3.8) is 0 Å². The quantitative estimate of drug-likeness (QED) is 0.902. The standard InChI is InChI=1S/C13H15N3O2/c1-8(2)10-4-6-11(7-5-10)14-13(17)12-9(3)15-18-16-12/h4-8H,1-3H3,(H,14,17). The minimum atomic E-state index is -0.314. The lowest BCUT2D eigenvalue weighted by Crippen LogP contribution is -2.13. The number of amides is 1. The molecule has 0 aliphatic heterocycles. The van der Waals surface area contributed by atoms with Gasteiger partial charge in [-0.1, -0.05) is 31.1 Å². The van der Waals surface area contributed by atoms with Gasteiger partial charge < -0.3 is 5.32 Å². The van der Waals surface area contributed by atoms with E-state index in [1.165, 1.54) is 5.56 Å². The molecule has 18 heavy (non-hydrogen) atoms. The van der Waals surface area contributed by atoms with Crippen LogP contribution in [0.2, 0.25) is 0 Å². The number of rotatable bonds is 3. The van der Waals surface area contributed by atoms with Gasteiger partial charge in [-0.2, -0.15) is 0 Å². The Balaban J connectivity index is 2.10. The molecule has 1 N–H and O–H groups in total. The third kappa shape index (κ3) is 2.56. The van der Waals surface area contributed by atoms with Crippen LogP contribution in [-0.2, 0) is 0 Å². The van der Waals surface area contributed by atoms with Gasteiger partial charge in [-0.15, -0.1) is 0 Å². The summed E-state index contributed by atoms with van der Waals surface area (Å²) < 4.78 is 4.49. The van der Waals surface area contributed by atoms with Crippen molar-refractivity contribution in [3.05, 3.63) is 41.2 Å². The van der Waals surface area contributed by atoms with Gasteiger partial charge in [0.15, 0.2) is 5.69 Å². The van der Waals surface area contributed by atoms with Crippen molar-refractivity contribution in [2.24, 2.45) is 0 Å². The van der Waals surface area contributed by atoms with Gasteiger partial charge in [0, 0.05) is 5.69 Å². The molecule has 1 heterocycles. The molecule has 1 aromatic carbocycles. The lowest BCUT2D eigenvalue weighted by molar-refractivity contribution is 0.101. The van der Waals surface area contributed by atoms with Gasteiger partial charge in [-0.3, -0.25) is 4.79 Å². The number of nitrogens with one attached hydrogen (secondary N) is 1. The molecule has 1 amide bonds. The second kappa shape index (κ2) is 5.00. The molecule has 0 aliphatic rings. The van der Waals surface area contributed by atoms with Crippen LogP contribution in [0.5, 0.6) is 0 Å². The number of benzene rings is 1. The Hall–Kier alpha value is -2.17. The summed E-state index contributed by atoms with van der Waals surface area (Å²) in [4.78, 5) is 11.8. The summed E-state index contributed by atoms with van der Waals surface area (Å²) in [6.45, 7) is 5.92. The predicted molar refractivity (Wildman–Crippen MR) is 67.5 cm³/mol. The van der Waals surface area contributed by atoms with E-state index in [-0.39, 0.29) is 11.6 Å². The molecule has 0 spiro atoms. The lowest BCUT2D eigenvalue weighted by atomic mass is 10.0. The van der Waals surface area contributed by atoms with Crippen LogP contribution in [0.3, 0.4) is 0 Å². The van der Waals surface area contributed by atoms with Crippen molar-refractivity contribution >= 4 is 11.6 Å². The summed E-state index contributed by atoms with van der Waals surface area (Å²) in [5, 5.41) is 9.88. The molecule has 0 saturated heterocycles. The molecule has 0 fully saturated rings. The van der Waals surface area contributed by atoms with Crippen molar-refractivity contribution < 1.29 is 9.42 Å². The molecule has 2 rings (SSSR count). The Kier molecular flexibility index (Phi) is 3.41. The lowest BCUT2D eigenvalue weighted by Gasteiger charge is -2.07.